The van der Waals surface area contributed by atoms with Crippen LogP contribution in [-0.2, 0) is 4.79 Å². The van der Waals surface area contributed by atoms with Gasteiger partial charge in [-0.15, -0.1) is 0 Å². The average Bonchev–Trinajstić information content (AvgIpc) is 3.11. The van der Waals surface area contributed by atoms with Crippen LogP contribution in [0.5, 0.6) is 0 Å². The lowest BCUT2D eigenvalue weighted by atomic mass is 9.91. The van der Waals surface area contributed by atoms with E-state index in [9.17, 15) is 18.0 Å². The first-order valence-corrected chi connectivity index (χ1v) is 10.3. The molecule has 1 aliphatic carbocycles. The lowest BCUT2D eigenvalue weighted by Crippen LogP contribution is -2.35. The lowest BCUT2D eigenvalue weighted by Gasteiger charge is -2.34. The summed E-state index contributed by atoms with van der Waals surface area (Å²) in [5.41, 5.74) is 2.72. The first kappa shape index (κ1) is 20.5. The minimum Gasteiger partial charge on any atom is -0.367 e. The smallest absolute Gasteiger partial charge is 0.367 e. The van der Waals surface area contributed by atoms with E-state index >= 15 is 0 Å². The first-order chi connectivity index (χ1) is 14.3. The van der Waals surface area contributed by atoms with Crippen molar-refractivity contribution in [2.45, 2.75) is 44.3 Å². The van der Waals surface area contributed by atoms with Crippen LogP contribution in [0.15, 0.2) is 72.0 Å². The Hall–Kier alpha value is -2.76. The number of nitrogens with zero attached hydrogens (tertiary/aromatic N) is 2. The van der Waals surface area contributed by atoms with E-state index in [-0.39, 0.29) is 24.3 Å². The molecule has 0 N–H and O–H groups in total. The topological polar surface area (TPSA) is 23.6 Å². The maximum absolute atomic E-state index is 12.9. The summed E-state index contributed by atoms with van der Waals surface area (Å²) >= 11 is 0. The molecule has 6 heteroatoms. The highest BCUT2D eigenvalue weighted by Crippen LogP contribution is 2.39. The molecule has 0 aromatic heterocycles. The molecule has 2 atom stereocenters. The van der Waals surface area contributed by atoms with Crippen molar-refractivity contribution >= 4 is 11.6 Å². The van der Waals surface area contributed by atoms with Gasteiger partial charge >= 0.3 is 6.18 Å². The average molecular weight is 414 g/mol. The van der Waals surface area contributed by atoms with Gasteiger partial charge in [0.05, 0.1) is 6.04 Å². The van der Waals surface area contributed by atoms with Crippen molar-refractivity contribution in [1.29, 1.82) is 0 Å². The number of hydrogen-bond acceptors (Lipinski definition) is 2. The van der Waals surface area contributed by atoms with Gasteiger partial charge in [-0.3, -0.25) is 4.79 Å². The molecule has 3 nitrogen and oxygen atoms in total. The number of para-hydroxylation sites is 1. The fourth-order valence-electron chi connectivity index (χ4n) is 4.55. The molecule has 4 rings (SSSR count). The predicted octanol–water partition coefficient (Wildman–Crippen LogP) is 5.49. The number of allylic oxidation sites excluding steroid dienone is 5. The summed E-state index contributed by atoms with van der Waals surface area (Å²) < 4.78 is 38.8. The molecule has 1 aromatic carbocycles. The molecule has 0 fully saturated rings. The molecule has 3 aliphatic rings. The van der Waals surface area contributed by atoms with E-state index in [0.29, 0.717) is 13.0 Å². The van der Waals surface area contributed by atoms with Crippen molar-refractivity contribution < 1.29 is 18.0 Å². The molecule has 158 valence electrons. The quantitative estimate of drug-likeness (QED) is 0.609. The predicted molar refractivity (Wildman–Crippen MR) is 112 cm³/mol. The standard InChI is InChI=1S/C24H25F3N2O/c1-17(30)29-16-19(21-6-2-3-8-23(21)29)13-15-28-14-5-4-7-22(28)18-9-11-20(12-10-18)24(25,26)27/h2-9,12,14,19,22H,10-11,13,15-16H2,1H3. The van der Waals surface area contributed by atoms with Crippen molar-refractivity contribution in [2.75, 3.05) is 18.0 Å². The molecule has 2 unspecified atom stereocenters. The van der Waals surface area contributed by atoms with Crippen LogP contribution in [0.4, 0.5) is 18.9 Å². The first-order valence-electron chi connectivity index (χ1n) is 10.3. The Kier molecular flexibility index (Phi) is 5.58. The number of carbonyl (C=O) groups excluding carboxylic acids is 1. The van der Waals surface area contributed by atoms with Gasteiger partial charge in [0, 0.05) is 37.2 Å². The second-order valence-corrected chi connectivity index (χ2v) is 8.00. The van der Waals surface area contributed by atoms with Gasteiger partial charge in [0.15, 0.2) is 0 Å². The highest BCUT2D eigenvalue weighted by Gasteiger charge is 2.35. The van der Waals surface area contributed by atoms with Gasteiger partial charge in [-0.2, -0.15) is 13.2 Å². The van der Waals surface area contributed by atoms with E-state index in [4.69, 9.17) is 0 Å². The summed E-state index contributed by atoms with van der Waals surface area (Å²) in [7, 11) is 0. The van der Waals surface area contributed by atoms with Gasteiger partial charge < -0.3 is 9.80 Å². The second-order valence-electron chi connectivity index (χ2n) is 8.00. The van der Waals surface area contributed by atoms with Gasteiger partial charge in [0.2, 0.25) is 5.91 Å². The summed E-state index contributed by atoms with van der Waals surface area (Å²) in [4.78, 5) is 16.0. The highest BCUT2D eigenvalue weighted by molar-refractivity contribution is 5.94. The number of rotatable bonds is 4. The molecule has 30 heavy (non-hydrogen) atoms. The Labute approximate surface area is 174 Å². The number of amides is 1. The van der Waals surface area contributed by atoms with Crippen LogP contribution >= 0.6 is 0 Å². The fourth-order valence-corrected chi connectivity index (χ4v) is 4.55. The molecule has 2 heterocycles. The van der Waals surface area contributed by atoms with Crippen molar-refractivity contribution in [2.24, 2.45) is 0 Å². The van der Waals surface area contributed by atoms with Gasteiger partial charge in [-0.05, 0) is 48.7 Å². The van der Waals surface area contributed by atoms with Gasteiger partial charge in [0.1, 0.15) is 0 Å². The van der Waals surface area contributed by atoms with Crippen molar-refractivity contribution in [3.05, 3.63) is 77.6 Å². The minimum absolute atomic E-state index is 0.0263. The largest absolute Gasteiger partial charge is 0.412 e. The van der Waals surface area contributed by atoms with Gasteiger partial charge in [0.25, 0.3) is 0 Å². The summed E-state index contributed by atoms with van der Waals surface area (Å²) in [5.74, 6) is 0.297. The fraction of sp³-hybridized carbons (Fsp3) is 0.375. The monoisotopic (exact) mass is 414 g/mol. The molecule has 0 radical (unpaired) electrons. The number of halogens is 3. The number of alkyl halides is 3. The molecule has 0 saturated heterocycles. The Bertz CT molecular complexity index is 942. The molecule has 0 spiro atoms. The minimum atomic E-state index is -4.25. The Balaban J connectivity index is 1.44. The normalized spacial score (nSPS) is 23.3. The van der Waals surface area contributed by atoms with Crippen molar-refractivity contribution in [3.8, 4) is 0 Å². The molecule has 0 saturated carbocycles. The number of benzene rings is 1. The zero-order valence-corrected chi connectivity index (χ0v) is 16.9. The van der Waals surface area contributed by atoms with E-state index in [2.05, 4.69) is 11.0 Å². The van der Waals surface area contributed by atoms with E-state index < -0.39 is 11.7 Å². The number of hydrogen-bond donors (Lipinski definition) is 0. The number of fused-ring (bicyclic) bond motifs is 1. The van der Waals surface area contributed by atoms with Crippen LogP contribution in [0.1, 0.15) is 37.7 Å². The summed E-state index contributed by atoms with van der Waals surface area (Å²) in [6.07, 6.45) is 7.89. The van der Waals surface area contributed by atoms with Crippen LogP contribution in [0.25, 0.3) is 0 Å². The van der Waals surface area contributed by atoms with E-state index in [1.807, 2.05) is 47.5 Å². The van der Waals surface area contributed by atoms with E-state index in [1.54, 1.807) is 13.0 Å². The van der Waals surface area contributed by atoms with Crippen molar-refractivity contribution in [1.82, 2.24) is 4.90 Å². The van der Waals surface area contributed by atoms with Crippen LogP contribution in [0.3, 0.4) is 0 Å². The van der Waals surface area contributed by atoms with Crippen molar-refractivity contribution in [3.63, 3.8) is 0 Å². The van der Waals surface area contributed by atoms with E-state index in [0.717, 1.165) is 24.2 Å². The maximum atomic E-state index is 12.9. The van der Waals surface area contributed by atoms with Crippen LogP contribution in [0.2, 0.25) is 0 Å². The SMILES string of the molecule is CC(=O)N1CC(CCN2C=CC=CC2C2=CCC(C(F)(F)F)=CC2)c2ccccc21. The maximum Gasteiger partial charge on any atom is 0.412 e. The number of anilines is 1. The Morgan fingerprint density at radius 1 is 1.13 bits per heavy atom. The number of carbonyl (C=O) groups is 1. The highest BCUT2D eigenvalue weighted by atomic mass is 19.4. The zero-order valence-electron chi connectivity index (χ0n) is 16.9. The third-order valence-corrected chi connectivity index (χ3v) is 6.14. The third kappa shape index (κ3) is 4.09. The molecule has 0 bridgehead atoms. The summed E-state index contributed by atoms with van der Waals surface area (Å²) in [6.45, 7) is 3.03. The van der Waals surface area contributed by atoms with Crippen LogP contribution in [-0.4, -0.2) is 36.1 Å². The lowest BCUT2D eigenvalue weighted by molar-refractivity contribution is -0.116. The summed E-state index contributed by atoms with van der Waals surface area (Å²) in [5, 5.41) is 0. The second kappa shape index (κ2) is 8.17. The van der Waals surface area contributed by atoms with Gasteiger partial charge in [-0.1, -0.05) is 42.5 Å². The molecular weight excluding hydrogens is 389 g/mol. The Morgan fingerprint density at radius 3 is 2.63 bits per heavy atom. The zero-order chi connectivity index (χ0) is 21.3. The molecule has 1 aromatic rings. The molecule has 2 aliphatic heterocycles. The summed E-state index contributed by atoms with van der Waals surface area (Å²) in [6, 6.07) is 7.99. The van der Waals surface area contributed by atoms with Crippen LogP contribution < -0.4 is 4.90 Å². The molecular formula is C24H25F3N2O. The van der Waals surface area contributed by atoms with E-state index in [1.165, 1.54) is 11.6 Å². The van der Waals surface area contributed by atoms with Crippen LogP contribution in [0, 0.1) is 0 Å². The molecule has 1 amide bonds. The van der Waals surface area contributed by atoms with Gasteiger partial charge in [-0.25, -0.2) is 0 Å². The third-order valence-electron chi connectivity index (χ3n) is 6.14. The Morgan fingerprint density at radius 2 is 1.93 bits per heavy atom.